The fourth-order valence-electron chi connectivity index (χ4n) is 5.62. The Labute approximate surface area is 233 Å². The lowest BCUT2D eigenvalue weighted by Gasteiger charge is -2.34. The number of hydrogen-bond acceptors (Lipinski definition) is 10. The van der Waals surface area contributed by atoms with E-state index in [1.54, 1.807) is 45.2 Å². The third kappa shape index (κ3) is 4.32. The van der Waals surface area contributed by atoms with E-state index in [0.717, 1.165) is 0 Å². The summed E-state index contributed by atoms with van der Waals surface area (Å²) in [6.45, 7) is 2.54. The minimum Gasteiger partial charge on any atom is -0.508 e. The number of amides is 2. The number of H-pyrrole nitrogens is 1. The molecule has 2 aliphatic rings. The summed E-state index contributed by atoms with van der Waals surface area (Å²) in [5.41, 5.74) is 2.66. The van der Waals surface area contributed by atoms with Gasteiger partial charge in [-0.15, -0.1) is 0 Å². The first-order valence-electron chi connectivity index (χ1n) is 13.0. The van der Waals surface area contributed by atoms with E-state index in [1.165, 1.54) is 17.0 Å². The van der Waals surface area contributed by atoms with Gasteiger partial charge in [0.2, 0.25) is 5.79 Å². The van der Waals surface area contributed by atoms with Crippen LogP contribution in [-0.2, 0) is 4.74 Å². The summed E-state index contributed by atoms with van der Waals surface area (Å²) in [6.07, 6.45) is -2.42. The van der Waals surface area contributed by atoms with Gasteiger partial charge in [0.25, 0.3) is 11.8 Å². The second-order valence-electron chi connectivity index (χ2n) is 10.5. The molecule has 2 aliphatic heterocycles. The molecule has 214 valence electrons. The van der Waals surface area contributed by atoms with Crippen LogP contribution in [0.4, 0.5) is 5.69 Å². The van der Waals surface area contributed by atoms with E-state index in [4.69, 9.17) is 14.2 Å². The molecule has 0 aliphatic carbocycles. The number of nitrogens with one attached hydrogen (secondary N) is 2. The van der Waals surface area contributed by atoms with Gasteiger partial charge in [0.15, 0.2) is 17.7 Å². The largest absolute Gasteiger partial charge is 0.508 e. The Bertz CT molecular complexity index is 1730. The highest BCUT2D eigenvalue weighted by Gasteiger charge is 2.37. The number of ether oxygens (including phenoxy) is 3. The number of aromatic nitrogens is 1. The molecule has 6 rings (SSSR count). The average molecular weight is 564 g/mol. The Kier molecular flexibility index (Phi) is 6.30. The SMILES string of the molecule is CN(c1ccc(O)cc1-c1cc2[nH]c3cc4c(cc3c2c2c1C(=O)NC2=O)OC(C)(C)O4)C(OCCO)C(O)CO. The summed E-state index contributed by atoms with van der Waals surface area (Å²) in [6, 6.07) is 9.73. The molecule has 4 aromatic rings. The van der Waals surface area contributed by atoms with Crippen LogP contribution in [0, 0.1) is 0 Å². The number of benzene rings is 3. The molecule has 2 amide bonds. The first-order chi connectivity index (χ1) is 19.5. The Morgan fingerprint density at radius 3 is 2.39 bits per heavy atom. The van der Waals surface area contributed by atoms with E-state index < -0.39 is 36.5 Å². The summed E-state index contributed by atoms with van der Waals surface area (Å²) >= 11 is 0. The molecule has 0 saturated carbocycles. The maximum absolute atomic E-state index is 13.3. The van der Waals surface area contributed by atoms with E-state index >= 15 is 0 Å². The van der Waals surface area contributed by atoms with Crippen molar-refractivity contribution in [3.05, 3.63) is 47.5 Å². The molecule has 12 nitrogen and oxygen atoms in total. The second-order valence-corrected chi connectivity index (χ2v) is 10.5. The summed E-state index contributed by atoms with van der Waals surface area (Å²) in [4.78, 5) is 31.3. The maximum atomic E-state index is 13.3. The monoisotopic (exact) mass is 563 g/mol. The number of aromatic hydroxyl groups is 1. The van der Waals surface area contributed by atoms with Gasteiger partial charge < -0.3 is 44.5 Å². The van der Waals surface area contributed by atoms with Crippen molar-refractivity contribution in [2.24, 2.45) is 0 Å². The van der Waals surface area contributed by atoms with Crippen molar-refractivity contribution in [2.75, 3.05) is 31.8 Å². The van der Waals surface area contributed by atoms with Gasteiger partial charge in [-0.3, -0.25) is 14.9 Å². The highest BCUT2D eigenvalue weighted by Crippen LogP contribution is 2.47. The predicted octanol–water partition coefficient (Wildman–Crippen LogP) is 2.21. The molecule has 0 radical (unpaired) electrons. The minimum absolute atomic E-state index is 0.101. The van der Waals surface area contributed by atoms with Gasteiger partial charge >= 0.3 is 0 Å². The number of hydrogen-bond donors (Lipinski definition) is 6. The first-order valence-corrected chi connectivity index (χ1v) is 13.0. The number of aromatic amines is 1. The Balaban J connectivity index is 1.59. The maximum Gasteiger partial charge on any atom is 0.259 e. The number of phenolic OH excluding ortho intramolecular Hbond substituents is 1. The third-order valence-corrected chi connectivity index (χ3v) is 7.27. The minimum atomic E-state index is -1.34. The van der Waals surface area contributed by atoms with E-state index in [1.807, 2.05) is 0 Å². The van der Waals surface area contributed by atoms with E-state index in [9.17, 15) is 30.0 Å². The van der Waals surface area contributed by atoms with Crippen molar-refractivity contribution in [3.63, 3.8) is 0 Å². The van der Waals surface area contributed by atoms with Gasteiger partial charge in [-0.05, 0) is 35.9 Å². The lowest BCUT2D eigenvalue weighted by molar-refractivity contribution is -0.0640. The number of fused-ring (bicyclic) bond motifs is 6. The van der Waals surface area contributed by atoms with Crippen molar-refractivity contribution < 1.29 is 44.2 Å². The number of phenols is 1. The molecule has 0 bridgehead atoms. The van der Waals surface area contributed by atoms with E-state index in [0.29, 0.717) is 50.1 Å². The second kappa shape index (κ2) is 9.63. The molecule has 1 aromatic heterocycles. The van der Waals surface area contributed by atoms with E-state index in [2.05, 4.69) is 10.3 Å². The van der Waals surface area contributed by atoms with Crippen LogP contribution >= 0.6 is 0 Å². The summed E-state index contributed by atoms with van der Waals surface area (Å²) in [7, 11) is 1.60. The molecule has 12 heteroatoms. The van der Waals surface area contributed by atoms with Crippen LogP contribution in [0.15, 0.2) is 36.4 Å². The lowest BCUT2D eigenvalue weighted by atomic mass is 9.91. The Hall–Kier alpha value is -4.36. The quantitative estimate of drug-likeness (QED) is 0.138. The summed E-state index contributed by atoms with van der Waals surface area (Å²) in [5.74, 6) is -1.06. The first kappa shape index (κ1) is 26.8. The zero-order valence-corrected chi connectivity index (χ0v) is 22.5. The van der Waals surface area contributed by atoms with Crippen LogP contribution in [0.3, 0.4) is 0 Å². The van der Waals surface area contributed by atoms with Crippen LogP contribution in [0.5, 0.6) is 17.2 Å². The van der Waals surface area contributed by atoms with Gasteiger partial charge in [0, 0.05) is 54.5 Å². The number of imide groups is 1. The molecule has 2 unspecified atom stereocenters. The third-order valence-electron chi connectivity index (χ3n) is 7.27. The van der Waals surface area contributed by atoms with Crippen molar-refractivity contribution in [2.45, 2.75) is 32.0 Å². The zero-order chi connectivity index (χ0) is 29.2. The topological polar surface area (TPSA) is 174 Å². The molecule has 41 heavy (non-hydrogen) atoms. The zero-order valence-electron chi connectivity index (χ0n) is 22.5. The van der Waals surface area contributed by atoms with Gasteiger partial charge in [-0.1, -0.05) is 0 Å². The molecular weight excluding hydrogens is 534 g/mol. The van der Waals surface area contributed by atoms with Gasteiger partial charge in [0.1, 0.15) is 11.9 Å². The van der Waals surface area contributed by atoms with Crippen LogP contribution < -0.4 is 19.7 Å². The van der Waals surface area contributed by atoms with Gasteiger partial charge in [-0.25, -0.2) is 0 Å². The number of carbonyl (C=O) groups excluding carboxylic acids is 2. The number of nitrogens with zero attached hydrogens (tertiary/aromatic N) is 1. The number of likely N-dealkylation sites (N-methyl/N-ethyl adjacent to an activating group) is 1. The summed E-state index contributed by atoms with van der Waals surface area (Å²) < 4.78 is 17.4. The molecule has 3 heterocycles. The van der Waals surface area contributed by atoms with Crippen LogP contribution in [0.25, 0.3) is 32.9 Å². The van der Waals surface area contributed by atoms with Crippen molar-refractivity contribution >= 4 is 39.3 Å². The van der Waals surface area contributed by atoms with Gasteiger partial charge in [-0.2, -0.15) is 0 Å². The fourth-order valence-corrected chi connectivity index (χ4v) is 5.62. The van der Waals surface area contributed by atoms with Crippen LogP contribution in [-0.4, -0.2) is 82.2 Å². The molecule has 0 saturated heterocycles. The smallest absolute Gasteiger partial charge is 0.259 e. The van der Waals surface area contributed by atoms with Crippen molar-refractivity contribution in [3.8, 4) is 28.4 Å². The van der Waals surface area contributed by atoms with Crippen LogP contribution in [0.2, 0.25) is 0 Å². The number of carbonyl (C=O) groups is 2. The Morgan fingerprint density at radius 1 is 0.976 bits per heavy atom. The predicted molar refractivity (Wildman–Crippen MR) is 148 cm³/mol. The normalized spacial score (nSPS) is 16.7. The lowest BCUT2D eigenvalue weighted by Crippen LogP contribution is -2.46. The molecular formula is C29H29N3O9. The van der Waals surface area contributed by atoms with Crippen LogP contribution in [0.1, 0.15) is 34.6 Å². The van der Waals surface area contributed by atoms with Crippen molar-refractivity contribution in [1.29, 1.82) is 0 Å². The average Bonchev–Trinajstić information content (AvgIpc) is 3.54. The highest BCUT2D eigenvalue weighted by atomic mass is 16.7. The molecule has 0 spiro atoms. The number of aliphatic hydroxyl groups excluding tert-OH is 3. The molecule has 6 N–H and O–H groups in total. The summed E-state index contributed by atoms with van der Waals surface area (Å²) in [5, 5.41) is 43.4. The van der Waals surface area contributed by atoms with E-state index in [-0.39, 0.29) is 30.1 Å². The van der Waals surface area contributed by atoms with Gasteiger partial charge in [0.05, 0.1) is 36.5 Å². The fraction of sp³-hybridized carbons (Fsp3) is 0.310. The molecule has 0 fully saturated rings. The Morgan fingerprint density at radius 2 is 1.68 bits per heavy atom. The standard InChI is InChI=1S/C29H29N3O9/c1-29(2)40-21-10-16-17(11-22(21)41-29)30-18-9-15(24-25(23(16)18)27(38)31-26(24)37)14-8-13(35)4-5-19(14)32(3)28(20(36)12-34)39-7-6-33/h4-5,8-11,20,28,30,33-36H,6-7,12H2,1-3H3,(H,31,37,38). The molecule has 2 atom stereocenters. The number of aliphatic hydroxyl groups is 3. The van der Waals surface area contributed by atoms with Crippen molar-refractivity contribution in [1.82, 2.24) is 10.3 Å². The highest BCUT2D eigenvalue weighted by molar-refractivity contribution is 6.32. The molecule has 3 aromatic carbocycles. The number of anilines is 1. The number of rotatable bonds is 8.